The lowest BCUT2D eigenvalue weighted by atomic mass is 10.1. The molecule has 5 heteroatoms. The van der Waals surface area contributed by atoms with Gasteiger partial charge in [0.15, 0.2) is 0 Å². The summed E-state index contributed by atoms with van der Waals surface area (Å²) in [6, 6.07) is 4.47. The van der Waals surface area contributed by atoms with Crippen LogP contribution in [0.15, 0.2) is 23.7 Å². The van der Waals surface area contributed by atoms with Gasteiger partial charge in [-0.15, -0.1) is 11.3 Å². The molecule has 0 saturated heterocycles. The van der Waals surface area contributed by atoms with Crippen LogP contribution in [0.1, 0.15) is 31.4 Å². The maximum absolute atomic E-state index is 11.5. The van der Waals surface area contributed by atoms with Crippen LogP contribution in [0.5, 0.6) is 0 Å². The highest BCUT2D eigenvalue weighted by Crippen LogP contribution is 2.28. The number of aromatic nitrogens is 1. The average molecular weight is 289 g/mol. The molecule has 2 aromatic rings. The summed E-state index contributed by atoms with van der Waals surface area (Å²) in [7, 11) is 0. The van der Waals surface area contributed by atoms with Gasteiger partial charge >= 0.3 is 0 Å². The lowest BCUT2D eigenvalue weighted by Gasteiger charge is -2.14. The molecule has 1 saturated carbocycles. The van der Waals surface area contributed by atoms with Crippen LogP contribution in [0.25, 0.3) is 10.2 Å². The Bertz CT molecular complexity index is 606. The van der Waals surface area contributed by atoms with Crippen molar-refractivity contribution in [3.05, 3.63) is 29.3 Å². The highest BCUT2D eigenvalue weighted by atomic mass is 32.1. The number of carbonyl (C=O) groups is 1. The fraction of sp³-hybridized carbons (Fsp3) is 0.467. The van der Waals surface area contributed by atoms with E-state index in [0.29, 0.717) is 6.54 Å². The zero-order chi connectivity index (χ0) is 13.9. The van der Waals surface area contributed by atoms with Gasteiger partial charge in [0.25, 0.3) is 0 Å². The molecule has 0 radical (unpaired) electrons. The molecule has 2 heterocycles. The summed E-state index contributed by atoms with van der Waals surface area (Å²) in [5.74, 6) is 0.499. The predicted molar refractivity (Wildman–Crippen MR) is 81.8 cm³/mol. The van der Waals surface area contributed by atoms with Crippen molar-refractivity contribution >= 4 is 27.5 Å². The van der Waals surface area contributed by atoms with Crippen molar-refractivity contribution in [3.63, 3.8) is 0 Å². The Morgan fingerprint density at radius 2 is 2.35 bits per heavy atom. The second-order valence-corrected chi connectivity index (χ2v) is 6.26. The Morgan fingerprint density at radius 1 is 1.50 bits per heavy atom. The molecule has 0 aliphatic heterocycles. The smallest absolute Gasteiger partial charge is 0.223 e. The Kier molecular flexibility index (Phi) is 3.98. The Hall–Kier alpha value is -1.46. The van der Waals surface area contributed by atoms with Crippen molar-refractivity contribution < 1.29 is 4.79 Å². The summed E-state index contributed by atoms with van der Waals surface area (Å²) in [5, 5.41) is 8.44. The number of fused-ring (bicyclic) bond motifs is 1. The van der Waals surface area contributed by atoms with E-state index in [4.69, 9.17) is 0 Å². The molecule has 1 unspecified atom stereocenters. The van der Waals surface area contributed by atoms with Crippen molar-refractivity contribution in [2.24, 2.45) is 5.92 Å². The number of nitrogens with one attached hydrogen (secondary N) is 2. The van der Waals surface area contributed by atoms with Gasteiger partial charge in [0.2, 0.25) is 5.91 Å². The van der Waals surface area contributed by atoms with Crippen LogP contribution in [-0.4, -0.2) is 24.0 Å². The third-order valence-corrected chi connectivity index (χ3v) is 4.50. The number of hydrogen-bond acceptors (Lipinski definition) is 4. The second-order valence-electron chi connectivity index (χ2n) is 5.31. The van der Waals surface area contributed by atoms with Gasteiger partial charge in [-0.25, -0.2) is 0 Å². The molecule has 3 rings (SSSR count). The highest BCUT2D eigenvalue weighted by Gasteiger charge is 2.28. The molecular formula is C15H19N3OS. The van der Waals surface area contributed by atoms with Crippen molar-refractivity contribution in [3.8, 4) is 0 Å². The molecule has 0 spiro atoms. The first-order valence-corrected chi connectivity index (χ1v) is 7.96. The average Bonchev–Trinajstić information content (AvgIpc) is 3.20. The van der Waals surface area contributed by atoms with Gasteiger partial charge in [0, 0.05) is 31.2 Å². The molecule has 0 bridgehead atoms. The lowest BCUT2D eigenvalue weighted by Crippen LogP contribution is -2.33. The molecule has 2 N–H and O–H groups in total. The van der Waals surface area contributed by atoms with E-state index in [1.807, 2.05) is 12.3 Å². The van der Waals surface area contributed by atoms with Crippen LogP contribution >= 0.6 is 11.3 Å². The van der Waals surface area contributed by atoms with E-state index >= 15 is 0 Å². The fourth-order valence-corrected chi connectivity index (χ4v) is 2.97. The molecule has 4 nitrogen and oxygen atoms in total. The molecule has 1 amide bonds. The normalized spacial score (nSPS) is 16.2. The van der Waals surface area contributed by atoms with Gasteiger partial charge in [-0.3, -0.25) is 9.78 Å². The number of carbonyl (C=O) groups excluding carboxylic acids is 1. The van der Waals surface area contributed by atoms with Crippen molar-refractivity contribution in [1.29, 1.82) is 0 Å². The summed E-state index contributed by atoms with van der Waals surface area (Å²) >= 11 is 1.71. The van der Waals surface area contributed by atoms with E-state index < -0.39 is 0 Å². The van der Waals surface area contributed by atoms with Crippen LogP contribution in [0, 0.1) is 5.92 Å². The maximum atomic E-state index is 11.5. The number of nitrogens with zero attached hydrogens (tertiary/aromatic N) is 1. The molecule has 2 aromatic heterocycles. The molecule has 1 aliphatic carbocycles. The quantitative estimate of drug-likeness (QED) is 0.803. The van der Waals surface area contributed by atoms with E-state index in [9.17, 15) is 4.79 Å². The lowest BCUT2D eigenvalue weighted by molar-refractivity contribution is -0.122. The van der Waals surface area contributed by atoms with E-state index in [-0.39, 0.29) is 17.9 Å². The molecule has 1 fully saturated rings. The minimum Gasteiger partial charge on any atom is -0.355 e. The third kappa shape index (κ3) is 3.16. The first-order chi connectivity index (χ1) is 9.74. The predicted octanol–water partition coefficient (Wildman–Crippen LogP) is 2.47. The molecule has 1 aliphatic rings. The van der Waals surface area contributed by atoms with Crippen LogP contribution in [0.4, 0.5) is 0 Å². The van der Waals surface area contributed by atoms with Crippen molar-refractivity contribution in [2.45, 2.75) is 25.8 Å². The number of thiophene rings is 1. The van der Waals surface area contributed by atoms with Crippen LogP contribution in [0.3, 0.4) is 0 Å². The maximum Gasteiger partial charge on any atom is 0.223 e. The Labute approximate surface area is 122 Å². The van der Waals surface area contributed by atoms with Gasteiger partial charge in [-0.2, -0.15) is 0 Å². The fourth-order valence-electron chi connectivity index (χ4n) is 2.18. The number of rotatable bonds is 6. The van der Waals surface area contributed by atoms with Gasteiger partial charge in [-0.05, 0) is 42.8 Å². The number of pyridine rings is 1. The standard InChI is InChI=1S/C15H19N3OS/c1-10(16-5-6-17-15(19)11-2-3-11)12-8-14-13(18-9-12)4-7-20-14/h4,7-11,16H,2-3,5-6H2,1H3,(H,17,19). The number of amides is 1. The van der Waals surface area contributed by atoms with Gasteiger partial charge in [0.05, 0.1) is 10.2 Å². The summed E-state index contributed by atoms with van der Waals surface area (Å²) in [5.41, 5.74) is 2.25. The van der Waals surface area contributed by atoms with Gasteiger partial charge in [0.1, 0.15) is 0 Å². The Morgan fingerprint density at radius 3 is 3.15 bits per heavy atom. The third-order valence-electron chi connectivity index (χ3n) is 3.65. The zero-order valence-electron chi connectivity index (χ0n) is 11.6. The largest absolute Gasteiger partial charge is 0.355 e. The second kappa shape index (κ2) is 5.89. The van der Waals surface area contributed by atoms with Crippen LogP contribution in [-0.2, 0) is 4.79 Å². The van der Waals surface area contributed by atoms with E-state index in [1.165, 1.54) is 10.3 Å². The molecule has 106 valence electrons. The highest BCUT2D eigenvalue weighted by molar-refractivity contribution is 7.17. The van der Waals surface area contributed by atoms with Crippen LogP contribution < -0.4 is 10.6 Å². The molecular weight excluding hydrogens is 270 g/mol. The van der Waals surface area contributed by atoms with Crippen LogP contribution in [0.2, 0.25) is 0 Å². The van der Waals surface area contributed by atoms with Gasteiger partial charge in [-0.1, -0.05) is 0 Å². The van der Waals surface area contributed by atoms with Crippen molar-refractivity contribution in [2.75, 3.05) is 13.1 Å². The monoisotopic (exact) mass is 289 g/mol. The summed E-state index contributed by atoms with van der Waals surface area (Å²) in [6.45, 7) is 3.59. The van der Waals surface area contributed by atoms with E-state index in [1.54, 1.807) is 11.3 Å². The summed E-state index contributed by atoms with van der Waals surface area (Å²) in [6.07, 6.45) is 4.04. The summed E-state index contributed by atoms with van der Waals surface area (Å²) in [4.78, 5) is 15.9. The molecule has 1 atom stereocenters. The zero-order valence-corrected chi connectivity index (χ0v) is 12.4. The minimum absolute atomic E-state index is 0.209. The molecule has 20 heavy (non-hydrogen) atoms. The Balaban J connectivity index is 1.47. The van der Waals surface area contributed by atoms with E-state index in [2.05, 4.69) is 34.0 Å². The number of hydrogen-bond donors (Lipinski definition) is 2. The molecule has 0 aromatic carbocycles. The minimum atomic E-state index is 0.209. The van der Waals surface area contributed by atoms with Crippen molar-refractivity contribution in [1.82, 2.24) is 15.6 Å². The summed E-state index contributed by atoms with van der Waals surface area (Å²) < 4.78 is 1.22. The van der Waals surface area contributed by atoms with Gasteiger partial charge < -0.3 is 10.6 Å². The SMILES string of the molecule is CC(NCCNC(=O)C1CC1)c1cnc2ccsc2c1. The first kappa shape index (κ1) is 13.5. The van der Waals surface area contributed by atoms with E-state index in [0.717, 1.165) is 24.9 Å². The first-order valence-electron chi connectivity index (χ1n) is 7.08. The topological polar surface area (TPSA) is 54.0 Å².